The number of rotatable bonds is 6. The quantitative estimate of drug-likeness (QED) is 0.339. The number of amides is 3. The third kappa shape index (κ3) is 4.59. The molecular formula is C23H25N3O9. The molecule has 0 saturated carbocycles. The van der Waals surface area contributed by atoms with Crippen molar-refractivity contribution in [3.05, 3.63) is 22.4 Å². The molecule has 1 N–H and O–H groups in total. The van der Waals surface area contributed by atoms with Crippen molar-refractivity contribution >= 4 is 41.5 Å². The van der Waals surface area contributed by atoms with Gasteiger partial charge in [-0.15, -0.1) is 0 Å². The van der Waals surface area contributed by atoms with Gasteiger partial charge in [-0.2, -0.15) is 0 Å². The standard InChI is InChI=1S/C23H25N3O9/c1-10-19(34-12(3)28)14-7-15-23(32)25(5)9-17(30)26(15)16(8-24-22(31)11(2)27)18(14)21(20(10)33-6)35-13(4)29/h7,16H,8-9H2,1-6H3,(H,24,31). The number of likely N-dealkylation sites (N-methyl/N-ethyl adjacent to an activating group) is 1. The Hall–Kier alpha value is -4.22. The van der Waals surface area contributed by atoms with Gasteiger partial charge in [0.2, 0.25) is 11.7 Å². The Bertz CT molecular complexity index is 1200. The Morgan fingerprint density at radius 2 is 1.63 bits per heavy atom. The van der Waals surface area contributed by atoms with Crippen LogP contribution in [0.1, 0.15) is 43.5 Å². The number of ether oxygens (including phenoxy) is 3. The van der Waals surface area contributed by atoms with Gasteiger partial charge in [-0.05, 0) is 13.0 Å². The van der Waals surface area contributed by atoms with E-state index in [9.17, 15) is 28.8 Å². The number of Topliss-reactive ketones (excluding diaryl/α,β-unsaturated/α-hetero) is 1. The van der Waals surface area contributed by atoms with Gasteiger partial charge in [0.25, 0.3) is 11.8 Å². The number of carbonyl (C=O) groups is 6. The van der Waals surface area contributed by atoms with E-state index in [-0.39, 0.29) is 47.2 Å². The first-order valence-electron chi connectivity index (χ1n) is 10.6. The van der Waals surface area contributed by atoms with Gasteiger partial charge in [0, 0.05) is 51.1 Å². The maximum absolute atomic E-state index is 13.1. The first kappa shape index (κ1) is 25.4. The second-order valence-electron chi connectivity index (χ2n) is 8.07. The van der Waals surface area contributed by atoms with Gasteiger partial charge >= 0.3 is 11.9 Å². The van der Waals surface area contributed by atoms with Crippen LogP contribution in [0.4, 0.5) is 0 Å². The molecular weight excluding hydrogens is 462 g/mol. The average molecular weight is 487 g/mol. The lowest BCUT2D eigenvalue weighted by molar-refractivity contribution is -0.146. The van der Waals surface area contributed by atoms with E-state index >= 15 is 0 Å². The largest absolute Gasteiger partial charge is 0.492 e. The number of piperazine rings is 1. The third-order valence-electron chi connectivity index (χ3n) is 5.53. The summed E-state index contributed by atoms with van der Waals surface area (Å²) in [5.74, 6) is -3.99. The lowest BCUT2D eigenvalue weighted by atomic mass is 9.88. The molecule has 2 aliphatic rings. The van der Waals surface area contributed by atoms with Gasteiger partial charge in [0.05, 0.1) is 13.2 Å². The number of fused-ring (bicyclic) bond motifs is 2. The fraction of sp³-hybridized carbons (Fsp3) is 0.391. The maximum atomic E-state index is 13.1. The SMILES string of the molecule is COc1c(C)c(OC(C)=O)c2c(c1OC(C)=O)C(CNC(=O)C(C)=O)N1C(=O)CN(C)C(=O)C1=C2. The van der Waals surface area contributed by atoms with Crippen molar-refractivity contribution < 1.29 is 43.0 Å². The zero-order valence-corrected chi connectivity index (χ0v) is 20.1. The van der Waals surface area contributed by atoms with E-state index in [1.54, 1.807) is 6.92 Å². The molecule has 1 saturated heterocycles. The van der Waals surface area contributed by atoms with Crippen LogP contribution >= 0.6 is 0 Å². The molecule has 1 aromatic rings. The summed E-state index contributed by atoms with van der Waals surface area (Å²) in [6, 6.07) is -1.10. The van der Waals surface area contributed by atoms with Crippen LogP contribution in [0.25, 0.3) is 6.08 Å². The zero-order valence-electron chi connectivity index (χ0n) is 20.1. The van der Waals surface area contributed by atoms with E-state index in [1.807, 2.05) is 0 Å². The lowest BCUT2D eigenvalue weighted by Gasteiger charge is -2.43. The Kier molecular flexibility index (Phi) is 6.94. The highest BCUT2D eigenvalue weighted by atomic mass is 16.6. The second-order valence-corrected chi connectivity index (χ2v) is 8.07. The zero-order chi connectivity index (χ0) is 26.2. The summed E-state index contributed by atoms with van der Waals surface area (Å²) < 4.78 is 16.4. The van der Waals surface area contributed by atoms with Crippen molar-refractivity contribution in [2.45, 2.75) is 33.7 Å². The predicted octanol–water partition coefficient (Wildman–Crippen LogP) is 0.256. The van der Waals surface area contributed by atoms with Gasteiger partial charge < -0.3 is 24.4 Å². The van der Waals surface area contributed by atoms with Crippen molar-refractivity contribution in [3.8, 4) is 17.2 Å². The number of nitrogens with zero attached hydrogens (tertiary/aromatic N) is 2. The predicted molar refractivity (Wildman–Crippen MR) is 119 cm³/mol. The van der Waals surface area contributed by atoms with Crippen LogP contribution in [0, 0.1) is 6.92 Å². The van der Waals surface area contributed by atoms with E-state index in [0.29, 0.717) is 5.56 Å². The molecule has 3 amide bonds. The van der Waals surface area contributed by atoms with Crippen molar-refractivity contribution in [3.63, 3.8) is 0 Å². The first-order valence-corrected chi connectivity index (χ1v) is 10.6. The van der Waals surface area contributed by atoms with Crippen LogP contribution < -0.4 is 19.5 Å². The van der Waals surface area contributed by atoms with Gasteiger partial charge in [-0.3, -0.25) is 33.7 Å². The Morgan fingerprint density at radius 1 is 1.03 bits per heavy atom. The number of hydrogen-bond donors (Lipinski definition) is 1. The average Bonchev–Trinajstić information content (AvgIpc) is 2.77. The molecule has 0 radical (unpaired) electrons. The second kappa shape index (κ2) is 9.57. The van der Waals surface area contributed by atoms with Crippen molar-refractivity contribution in [1.82, 2.24) is 15.1 Å². The normalized spacial score (nSPS) is 16.6. The summed E-state index contributed by atoms with van der Waals surface area (Å²) in [7, 11) is 2.78. The lowest BCUT2D eigenvalue weighted by Crippen LogP contribution is -2.54. The summed E-state index contributed by atoms with van der Waals surface area (Å²) >= 11 is 0. The molecule has 2 aliphatic heterocycles. The van der Waals surface area contributed by atoms with Crippen molar-refractivity contribution in [2.24, 2.45) is 0 Å². The van der Waals surface area contributed by atoms with Gasteiger partial charge in [0.15, 0.2) is 11.5 Å². The Balaban J connectivity index is 2.40. The molecule has 12 nitrogen and oxygen atoms in total. The molecule has 2 heterocycles. The number of ketones is 1. The molecule has 0 aromatic heterocycles. The minimum atomic E-state index is -1.10. The number of hydrogen-bond acceptors (Lipinski definition) is 9. The van der Waals surface area contributed by atoms with Crippen LogP contribution in [0.5, 0.6) is 17.2 Å². The Labute approximate surface area is 200 Å². The summed E-state index contributed by atoms with van der Waals surface area (Å²) in [5.41, 5.74) is 0.624. The minimum Gasteiger partial charge on any atom is -0.492 e. The minimum absolute atomic E-state index is 0.0313. The van der Waals surface area contributed by atoms with Crippen LogP contribution in [-0.2, 0) is 28.8 Å². The maximum Gasteiger partial charge on any atom is 0.308 e. The fourth-order valence-corrected chi connectivity index (χ4v) is 4.11. The summed E-state index contributed by atoms with van der Waals surface area (Å²) in [6.07, 6.45) is 1.37. The molecule has 0 bridgehead atoms. The molecule has 12 heteroatoms. The summed E-state index contributed by atoms with van der Waals surface area (Å²) in [6.45, 7) is 4.45. The van der Waals surface area contributed by atoms with E-state index in [2.05, 4.69) is 5.32 Å². The van der Waals surface area contributed by atoms with Crippen molar-refractivity contribution in [1.29, 1.82) is 0 Å². The number of methoxy groups -OCH3 is 1. The van der Waals surface area contributed by atoms with E-state index in [1.165, 1.54) is 43.9 Å². The fourth-order valence-electron chi connectivity index (χ4n) is 4.11. The Morgan fingerprint density at radius 3 is 2.17 bits per heavy atom. The van der Waals surface area contributed by atoms with Gasteiger partial charge in [-0.25, -0.2) is 0 Å². The number of esters is 2. The molecule has 3 rings (SSSR count). The first-order chi connectivity index (χ1) is 16.4. The summed E-state index contributed by atoms with van der Waals surface area (Å²) in [4.78, 5) is 76.0. The van der Waals surface area contributed by atoms with Gasteiger partial charge in [-0.1, -0.05) is 0 Å². The van der Waals surface area contributed by atoms with E-state index in [0.717, 1.165) is 6.92 Å². The molecule has 1 fully saturated rings. The molecule has 0 spiro atoms. The van der Waals surface area contributed by atoms with Crippen molar-refractivity contribution in [2.75, 3.05) is 27.2 Å². The summed E-state index contributed by atoms with van der Waals surface area (Å²) in [5, 5.41) is 2.44. The van der Waals surface area contributed by atoms with Crippen LogP contribution in [0.3, 0.4) is 0 Å². The number of benzene rings is 1. The monoisotopic (exact) mass is 487 g/mol. The number of carbonyl (C=O) groups excluding carboxylic acids is 6. The third-order valence-corrected chi connectivity index (χ3v) is 5.53. The highest BCUT2D eigenvalue weighted by molar-refractivity contribution is 6.35. The molecule has 1 aromatic carbocycles. The number of nitrogens with one attached hydrogen (secondary N) is 1. The highest BCUT2D eigenvalue weighted by Gasteiger charge is 2.45. The molecule has 186 valence electrons. The molecule has 1 unspecified atom stereocenters. The van der Waals surface area contributed by atoms with Crippen LogP contribution in [0.15, 0.2) is 5.70 Å². The van der Waals surface area contributed by atoms with Gasteiger partial charge in [0.1, 0.15) is 18.0 Å². The van der Waals surface area contributed by atoms with Crippen LogP contribution in [0.2, 0.25) is 0 Å². The van der Waals surface area contributed by atoms with E-state index in [4.69, 9.17) is 14.2 Å². The molecule has 0 aliphatic carbocycles. The van der Waals surface area contributed by atoms with Crippen LogP contribution in [-0.4, -0.2) is 72.5 Å². The van der Waals surface area contributed by atoms with E-state index < -0.39 is 41.5 Å². The molecule has 35 heavy (non-hydrogen) atoms. The highest BCUT2D eigenvalue weighted by Crippen LogP contribution is 2.51. The molecule has 1 atom stereocenters. The topological polar surface area (TPSA) is 149 Å². The smallest absolute Gasteiger partial charge is 0.308 e.